The van der Waals surface area contributed by atoms with Gasteiger partial charge in [-0.15, -0.1) is 0 Å². The standard InChI is InChI=1S/C25H42O5/c1-16(24(5)12-10-19(26)13-17(24)2)9-11-23(4)15-25(23,6)18(3)14-20(21(27)29-7)22(28)30-8/h16-18,20H,9-15H2,1-8H3/t16?,17-,18-,23+,24-,25-/m1/s1. The van der Waals surface area contributed by atoms with Crippen LogP contribution in [-0.4, -0.2) is 31.9 Å². The van der Waals surface area contributed by atoms with Gasteiger partial charge < -0.3 is 9.47 Å². The predicted molar refractivity (Wildman–Crippen MR) is 117 cm³/mol. The van der Waals surface area contributed by atoms with Crippen LogP contribution in [0.3, 0.4) is 0 Å². The highest BCUT2D eigenvalue weighted by Crippen LogP contribution is 2.71. The molecule has 5 heteroatoms. The molecule has 0 aliphatic heterocycles. The van der Waals surface area contributed by atoms with Crippen LogP contribution in [-0.2, 0) is 23.9 Å². The maximum absolute atomic E-state index is 12.1. The Labute approximate surface area is 182 Å². The first kappa shape index (κ1) is 24.9. The third kappa shape index (κ3) is 4.60. The van der Waals surface area contributed by atoms with Crippen LogP contribution in [0.2, 0.25) is 0 Å². The van der Waals surface area contributed by atoms with Crippen molar-refractivity contribution in [2.24, 2.45) is 39.9 Å². The molecule has 2 aliphatic carbocycles. The minimum absolute atomic E-state index is 0.0993. The van der Waals surface area contributed by atoms with Gasteiger partial charge in [-0.3, -0.25) is 14.4 Å². The second-order valence-corrected chi connectivity index (χ2v) is 11.0. The van der Waals surface area contributed by atoms with Crippen molar-refractivity contribution in [3.8, 4) is 0 Å². The molecule has 2 aliphatic rings. The number of rotatable bonds is 9. The van der Waals surface area contributed by atoms with Gasteiger partial charge in [-0.05, 0) is 66.1 Å². The molecule has 0 bridgehead atoms. The van der Waals surface area contributed by atoms with E-state index in [2.05, 4.69) is 41.5 Å². The van der Waals surface area contributed by atoms with E-state index in [-0.39, 0.29) is 22.2 Å². The van der Waals surface area contributed by atoms with Crippen LogP contribution in [0.5, 0.6) is 0 Å². The lowest BCUT2D eigenvalue weighted by Gasteiger charge is -2.44. The van der Waals surface area contributed by atoms with Crippen LogP contribution in [0.25, 0.3) is 0 Å². The molecule has 172 valence electrons. The van der Waals surface area contributed by atoms with Crippen molar-refractivity contribution in [3.63, 3.8) is 0 Å². The van der Waals surface area contributed by atoms with Gasteiger partial charge in [0.15, 0.2) is 5.92 Å². The summed E-state index contributed by atoms with van der Waals surface area (Å²) in [6, 6.07) is 0. The molecule has 5 nitrogen and oxygen atoms in total. The molecule has 0 saturated heterocycles. The Morgan fingerprint density at radius 3 is 2.13 bits per heavy atom. The zero-order chi connectivity index (χ0) is 22.9. The number of esters is 2. The summed E-state index contributed by atoms with van der Waals surface area (Å²) in [6.07, 6.45) is 6.27. The van der Waals surface area contributed by atoms with Crippen molar-refractivity contribution in [2.75, 3.05) is 14.2 Å². The summed E-state index contributed by atoms with van der Waals surface area (Å²) < 4.78 is 9.66. The van der Waals surface area contributed by atoms with Crippen LogP contribution in [0.1, 0.15) is 86.5 Å². The van der Waals surface area contributed by atoms with Crippen molar-refractivity contribution in [1.82, 2.24) is 0 Å². The summed E-state index contributed by atoms with van der Waals surface area (Å²) in [6.45, 7) is 13.7. The molecule has 0 N–H and O–H groups in total. The average Bonchev–Trinajstić information content (AvgIpc) is 3.28. The summed E-state index contributed by atoms with van der Waals surface area (Å²) in [5.41, 5.74) is 0.533. The SMILES string of the molecule is COC(=O)C(C[C@@H](C)[C@@]1(C)C[C@]1(C)CCC(C)[C@@]1(C)CCC(=O)C[C@H]1C)C(=O)OC. The van der Waals surface area contributed by atoms with E-state index in [1.807, 2.05) is 0 Å². The van der Waals surface area contributed by atoms with Crippen molar-refractivity contribution in [3.05, 3.63) is 0 Å². The Kier molecular flexibility index (Phi) is 7.46. The maximum atomic E-state index is 12.1. The Morgan fingerprint density at radius 1 is 1.07 bits per heavy atom. The third-order valence-corrected chi connectivity index (χ3v) is 9.52. The molecular weight excluding hydrogens is 380 g/mol. The summed E-state index contributed by atoms with van der Waals surface area (Å²) in [7, 11) is 2.63. The smallest absolute Gasteiger partial charge is 0.320 e. The number of hydrogen-bond acceptors (Lipinski definition) is 5. The lowest BCUT2D eigenvalue weighted by atomic mass is 9.60. The van der Waals surface area contributed by atoms with Crippen LogP contribution in [0.4, 0.5) is 0 Å². The molecular formula is C25H42O5. The fourth-order valence-electron chi connectivity index (χ4n) is 6.03. The lowest BCUT2D eigenvalue weighted by Crippen LogP contribution is -2.38. The van der Waals surface area contributed by atoms with Crippen LogP contribution in [0, 0.1) is 39.9 Å². The zero-order valence-electron chi connectivity index (χ0n) is 20.3. The van der Waals surface area contributed by atoms with Crippen molar-refractivity contribution < 1.29 is 23.9 Å². The third-order valence-electron chi connectivity index (χ3n) is 9.52. The molecule has 2 fully saturated rings. The van der Waals surface area contributed by atoms with Crippen molar-refractivity contribution >= 4 is 17.7 Å². The number of hydrogen-bond donors (Lipinski definition) is 0. The normalized spacial score (nSPS) is 35.6. The largest absolute Gasteiger partial charge is 0.468 e. The highest BCUT2D eigenvalue weighted by molar-refractivity contribution is 5.94. The van der Waals surface area contributed by atoms with E-state index < -0.39 is 17.9 Å². The van der Waals surface area contributed by atoms with E-state index in [1.54, 1.807) is 0 Å². The minimum Gasteiger partial charge on any atom is -0.468 e. The van der Waals surface area contributed by atoms with Crippen LogP contribution >= 0.6 is 0 Å². The molecule has 0 spiro atoms. The van der Waals surface area contributed by atoms with E-state index in [4.69, 9.17) is 9.47 Å². The van der Waals surface area contributed by atoms with Gasteiger partial charge in [-0.25, -0.2) is 0 Å². The molecule has 0 radical (unpaired) electrons. The van der Waals surface area contributed by atoms with Crippen LogP contribution < -0.4 is 0 Å². The molecule has 6 atom stereocenters. The Hall–Kier alpha value is -1.39. The lowest BCUT2D eigenvalue weighted by molar-refractivity contribution is -0.160. The Bertz CT molecular complexity index is 656. The first-order chi connectivity index (χ1) is 13.8. The second kappa shape index (κ2) is 9.00. The zero-order valence-corrected chi connectivity index (χ0v) is 20.3. The fourth-order valence-corrected chi connectivity index (χ4v) is 6.03. The fraction of sp³-hybridized carbons (Fsp3) is 0.880. The number of ether oxygens (including phenoxy) is 2. The maximum Gasteiger partial charge on any atom is 0.320 e. The molecule has 0 aromatic rings. The quantitative estimate of drug-likeness (QED) is 0.377. The molecule has 1 unspecified atom stereocenters. The highest BCUT2D eigenvalue weighted by Gasteiger charge is 2.63. The van der Waals surface area contributed by atoms with Gasteiger partial charge in [-0.1, -0.05) is 41.5 Å². The van der Waals surface area contributed by atoms with Gasteiger partial charge in [-0.2, -0.15) is 0 Å². The molecule has 2 saturated carbocycles. The number of carbonyl (C=O) groups is 3. The minimum atomic E-state index is -0.852. The van der Waals surface area contributed by atoms with Gasteiger partial charge in [0, 0.05) is 12.8 Å². The van der Waals surface area contributed by atoms with E-state index in [0.717, 1.165) is 38.5 Å². The van der Waals surface area contributed by atoms with Gasteiger partial charge in [0.2, 0.25) is 0 Å². The summed E-state index contributed by atoms with van der Waals surface area (Å²) in [5, 5.41) is 0. The number of ketones is 1. The van der Waals surface area contributed by atoms with Gasteiger partial charge in [0.05, 0.1) is 14.2 Å². The number of Topliss-reactive ketones (excluding diaryl/α,β-unsaturated/α-hetero) is 1. The molecule has 0 heterocycles. The average molecular weight is 423 g/mol. The van der Waals surface area contributed by atoms with Gasteiger partial charge in [0.25, 0.3) is 0 Å². The first-order valence-corrected chi connectivity index (χ1v) is 11.5. The summed E-state index contributed by atoms with van der Waals surface area (Å²) >= 11 is 0. The van der Waals surface area contributed by atoms with Gasteiger partial charge >= 0.3 is 11.9 Å². The molecule has 0 aromatic carbocycles. The molecule has 30 heavy (non-hydrogen) atoms. The topological polar surface area (TPSA) is 69.7 Å². The molecule has 0 amide bonds. The number of methoxy groups -OCH3 is 2. The summed E-state index contributed by atoms with van der Waals surface area (Å²) in [5.74, 6) is -0.252. The first-order valence-electron chi connectivity index (χ1n) is 11.5. The van der Waals surface area contributed by atoms with E-state index in [0.29, 0.717) is 24.0 Å². The van der Waals surface area contributed by atoms with E-state index >= 15 is 0 Å². The molecule has 0 aromatic heterocycles. The monoisotopic (exact) mass is 422 g/mol. The second-order valence-electron chi connectivity index (χ2n) is 11.0. The summed E-state index contributed by atoms with van der Waals surface area (Å²) in [4.78, 5) is 36.0. The van der Waals surface area contributed by atoms with E-state index in [9.17, 15) is 14.4 Å². The molecule has 2 rings (SSSR count). The van der Waals surface area contributed by atoms with E-state index in [1.165, 1.54) is 14.2 Å². The Morgan fingerprint density at radius 2 is 1.63 bits per heavy atom. The Balaban J connectivity index is 1.99. The van der Waals surface area contributed by atoms with Crippen molar-refractivity contribution in [2.45, 2.75) is 86.5 Å². The van der Waals surface area contributed by atoms with Crippen LogP contribution in [0.15, 0.2) is 0 Å². The van der Waals surface area contributed by atoms with Crippen molar-refractivity contribution in [1.29, 1.82) is 0 Å². The van der Waals surface area contributed by atoms with Gasteiger partial charge in [0.1, 0.15) is 5.78 Å². The predicted octanol–water partition coefficient (Wildman–Crippen LogP) is 5.20. The number of carbonyl (C=O) groups excluding carboxylic acids is 3. The highest BCUT2D eigenvalue weighted by atomic mass is 16.5.